The largest absolute Gasteiger partial charge is 0.483 e. The third-order valence-electron chi connectivity index (χ3n) is 5.55. The van der Waals surface area contributed by atoms with Crippen LogP contribution in [0.2, 0.25) is 10.0 Å². The Balaban J connectivity index is 2.25. The Hall–Kier alpha value is -2.24. The Morgan fingerprint density at radius 3 is 2.33 bits per heavy atom. The van der Waals surface area contributed by atoms with Gasteiger partial charge in [0.2, 0.25) is 5.91 Å². The Kier molecular flexibility index (Phi) is 9.62. The second kappa shape index (κ2) is 11.8. The molecule has 0 radical (unpaired) electrons. The maximum Gasteiger partial charge on any atom is 0.261 e. The van der Waals surface area contributed by atoms with E-state index in [0.717, 1.165) is 17.5 Å². The highest BCUT2D eigenvalue weighted by atomic mass is 35.5. The maximum absolute atomic E-state index is 13.3. The molecular formula is C26H34Cl2N2O3. The van der Waals surface area contributed by atoms with E-state index in [9.17, 15) is 9.59 Å². The molecule has 33 heavy (non-hydrogen) atoms. The van der Waals surface area contributed by atoms with Crippen LogP contribution < -0.4 is 10.1 Å². The first-order valence-corrected chi connectivity index (χ1v) is 12.0. The van der Waals surface area contributed by atoms with E-state index < -0.39 is 6.04 Å². The molecule has 0 fully saturated rings. The molecule has 0 saturated carbocycles. The van der Waals surface area contributed by atoms with E-state index in [2.05, 4.69) is 26.1 Å². The molecule has 180 valence electrons. The van der Waals surface area contributed by atoms with E-state index in [1.54, 1.807) is 25.1 Å². The third kappa shape index (κ3) is 7.65. The van der Waals surface area contributed by atoms with Crippen LogP contribution in [0.15, 0.2) is 42.5 Å². The number of nitrogens with zero attached hydrogens (tertiary/aromatic N) is 1. The normalized spacial score (nSPS) is 13.2. The standard InChI is InChI=1S/C26H34Cl2N2O3/c1-7-17(2)29-25(32)18(3)30(15-19-12-13-21(27)22(28)14-19)24(31)16-33-23-11-9-8-10-20(23)26(4,5)6/h8-14,17-18H,7,15-16H2,1-6H3,(H,29,32)/t17-,18+/m0/s1. The Morgan fingerprint density at radius 2 is 1.73 bits per heavy atom. The van der Waals surface area contributed by atoms with Gasteiger partial charge in [-0.3, -0.25) is 9.59 Å². The molecule has 2 rings (SSSR count). The summed E-state index contributed by atoms with van der Waals surface area (Å²) in [6, 6.07) is 12.2. The SMILES string of the molecule is CC[C@H](C)NC(=O)[C@@H](C)N(Cc1ccc(Cl)c(Cl)c1)C(=O)COc1ccccc1C(C)(C)C. The molecule has 2 aromatic carbocycles. The zero-order valence-corrected chi connectivity index (χ0v) is 21.8. The van der Waals surface area contributed by atoms with Crippen molar-refractivity contribution in [3.05, 3.63) is 63.6 Å². The van der Waals surface area contributed by atoms with E-state index >= 15 is 0 Å². The van der Waals surface area contributed by atoms with Crippen LogP contribution in [-0.4, -0.2) is 35.4 Å². The van der Waals surface area contributed by atoms with Crippen molar-refractivity contribution in [2.45, 2.75) is 72.0 Å². The molecule has 0 bridgehead atoms. The molecule has 0 unspecified atom stereocenters. The second-order valence-electron chi connectivity index (χ2n) is 9.30. The van der Waals surface area contributed by atoms with Crippen molar-refractivity contribution in [1.82, 2.24) is 10.2 Å². The minimum absolute atomic E-state index is 0.0109. The molecule has 0 aliphatic rings. The number of ether oxygens (including phenoxy) is 1. The fourth-order valence-corrected chi connectivity index (χ4v) is 3.64. The van der Waals surface area contributed by atoms with E-state index in [1.807, 2.05) is 38.1 Å². The van der Waals surface area contributed by atoms with Crippen LogP contribution in [0.3, 0.4) is 0 Å². The zero-order valence-electron chi connectivity index (χ0n) is 20.2. The average molecular weight is 493 g/mol. The molecule has 7 heteroatoms. The van der Waals surface area contributed by atoms with E-state index in [0.29, 0.717) is 15.8 Å². The fraction of sp³-hybridized carbons (Fsp3) is 0.462. The van der Waals surface area contributed by atoms with Crippen molar-refractivity contribution >= 4 is 35.0 Å². The fourth-order valence-electron chi connectivity index (χ4n) is 3.32. The lowest BCUT2D eigenvalue weighted by atomic mass is 9.86. The lowest BCUT2D eigenvalue weighted by Crippen LogP contribution is -2.50. The number of carbonyl (C=O) groups is 2. The lowest BCUT2D eigenvalue weighted by molar-refractivity contribution is -0.142. The highest BCUT2D eigenvalue weighted by Gasteiger charge is 2.28. The van der Waals surface area contributed by atoms with Crippen molar-refractivity contribution in [3.63, 3.8) is 0 Å². The molecule has 5 nitrogen and oxygen atoms in total. The first-order chi connectivity index (χ1) is 15.4. The van der Waals surface area contributed by atoms with Crippen molar-refractivity contribution in [2.24, 2.45) is 0 Å². The van der Waals surface area contributed by atoms with Gasteiger partial charge in [-0.1, -0.05) is 75.2 Å². The first-order valence-electron chi connectivity index (χ1n) is 11.2. The summed E-state index contributed by atoms with van der Waals surface area (Å²) >= 11 is 12.2. The maximum atomic E-state index is 13.3. The van der Waals surface area contributed by atoms with Gasteiger partial charge in [-0.2, -0.15) is 0 Å². The van der Waals surface area contributed by atoms with Crippen LogP contribution in [0.25, 0.3) is 0 Å². The van der Waals surface area contributed by atoms with Crippen LogP contribution in [0.4, 0.5) is 0 Å². The molecule has 0 aromatic heterocycles. The molecule has 0 heterocycles. The minimum Gasteiger partial charge on any atom is -0.483 e. The number of halogens is 2. The van der Waals surface area contributed by atoms with Gasteiger partial charge in [0, 0.05) is 12.6 Å². The average Bonchev–Trinajstić information content (AvgIpc) is 2.77. The number of nitrogens with one attached hydrogen (secondary N) is 1. The molecule has 1 N–H and O–H groups in total. The predicted octanol–water partition coefficient (Wildman–Crippen LogP) is 6.00. The van der Waals surface area contributed by atoms with Crippen molar-refractivity contribution < 1.29 is 14.3 Å². The van der Waals surface area contributed by atoms with Gasteiger partial charge in [0.15, 0.2) is 6.61 Å². The summed E-state index contributed by atoms with van der Waals surface area (Å²) in [6.45, 7) is 11.9. The van der Waals surface area contributed by atoms with Gasteiger partial charge < -0.3 is 15.0 Å². The smallest absolute Gasteiger partial charge is 0.261 e. The van der Waals surface area contributed by atoms with Gasteiger partial charge in [-0.05, 0) is 55.0 Å². The lowest BCUT2D eigenvalue weighted by Gasteiger charge is -2.30. The van der Waals surface area contributed by atoms with Crippen LogP contribution >= 0.6 is 23.2 Å². The van der Waals surface area contributed by atoms with Crippen LogP contribution in [0.1, 0.15) is 59.1 Å². The summed E-state index contributed by atoms with van der Waals surface area (Å²) in [5.41, 5.74) is 1.65. The van der Waals surface area contributed by atoms with Gasteiger partial charge in [0.1, 0.15) is 11.8 Å². The summed E-state index contributed by atoms with van der Waals surface area (Å²) in [5, 5.41) is 3.78. The first kappa shape index (κ1) is 27.0. The van der Waals surface area contributed by atoms with Gasteiger partial charge in [-0.15, -0.1) is 0 Å². The number of benzene rings is 2. The number of hydrogen-bond acceptors (Lipinski definition) is 3. The molecular weight excluding hydrogens is 459 g/mol. The Bertz CT molecular complexity index is 972. The van der Waals surface area contributed by atoms with Crippen molar-refractivity contribution in [2.75, 3.05) is 6.61 Å². The summed E-state index contributed by atoms with van der Waals surface area (Å²) in [4.78, 5) is 27.6. The van der Waals surface area contributed by atoms with E-state index in [4.69, 9.17) is 27.9 Å². The molecule has 0 saturated heterocycles. The highest BCUT2D eigenvalue weighted by molar-refractivity contribution is 6.42. The van der Waals surface area contributed by atoms with Gasteiger partial charge in [0.25, 0.3) is 5.91 Å². The van der Waals surface area contributed by atoms with Crippen LogP contribution in [0, 0.1) is 0 Å². The molecule has 2 atom stereocenters. The zero-order chi connectivity index (χ0) is 24.8. The number of para-hydroxylation sites is 1. The number of hydrogen-bond donors (Lipinski definition) is 1. The Morgan fingerprint density at radius 1 is 1.06 bits per heavy atom. The summed E-state index contributed by atoms with van der Waals surface area (Å²) in [6.07, 6.45) is 0.798. The van der Waals surface area contributed by atoms with Gasteiger partial charge >= 0.3 is 0 Å². The predicted molar refractivity (Wildman–Crippen MR) is 135 cm³/mol. The summed E-state index contributed by atoms with van der Waals surface area (Å²) in [5.74, 6) is 0.147. The van der Waals surface area contributed by atoms with Crippen molar-refractivity contribution in [1.29, 1.82) is 0 Å². The monoisotopic (exact) mass is 492 g/mol. The summed E-state index contributed by atoms with van der Waals surface area (Å²) < 4.78 is 5.95. The molecule has 0 spiro atoms. The van der Waals surface area contributed by atoms with E-state index in [-0.39, 0.29) is 36.4 Å². The number of amides is 2. The van der Waals surface area contributed by atoms with Crippen LogP contribution in [-0.2, 0) is 21.5 Å². The molecule has 2 amide bonds. The van der Waals surface area contributed by atoms with Crippen molar-refractivity contribution in [3.8, 4) is 5.75 Å². The highest BCUT2D eigenvalue weighted by Crippen LogP contribution is 2.31. The van der Waals surface area contributed by atoms with Gasteiger partial charge in [0.05, 0.1) is 10.0 Å². The van der Waals surface area contributed by atoms with Crippen LogP contribution in [0.5, 0.6) is 5.75 Å². The third-order valence-corrected chi connectivity index (χ3v) is 6.29. The van der Waals surface area contributed by atoms with E-state index in [1.165, 1.54) is 4.90 Å². The van der Waals surface area contributed by atoms with Gasteiger partial charge in [-0.25, -0.2) is 0 Å². The summed E-state index contributed by atoms with van der Waals surface area (Å²) in [7, 11) is 0. The quantitative estimate of drug-likeness (QED) is 0.466. The minimum atomic E-state index is -0.692. The molecule has 0 aliphatic carbocycles. The number of rotatable bonds is 9. The molecule has 0 aliphatic heterocycles. The second-order valence-corrected chi connectivity index (χ2v) is 10.1. The topological polar surface area (TPSA) is 58.6 Å². The number of carbonyl (C=O) groups excluding carboxylic acids is 2. The Labute approximate surface area is 207 Å². The molecule has 2 aromatic rings.